The van der Waals surface area contributed by atoms with Crippen molar-refractivity contribution in [1.29, 1.82) is 0 Å². The summed E-state index contributed by atoms with van der Waals surface area (Å²) in [4.78, 5) is 32.0. The molecule has 0 spiro atoms. The number of fused-ring (bicyclic) bond motifs is 1. The second-order valence-electron chi connectivity index (χ2n) is 5.83. The summed E-state index contributed by atoms with van der Waals surface area (Å²) in [6, 6.07) is 5.29. The number of amides is 1. The van der Waals surface area contributed by atoms with Crippen LogP contribution in [-0.2, 0) is 16.1 Å². The second kappa shape index (κ2) is 6.41. The number of aryl methyl sites for hydroxylation is 1. The topological polar surface area (TPSA) is 81.7 Å². The van der Waals surface area contributed by atoms with Crippen molar-refractivity contribution in [1.82, 2.24) is 24.1 Å². The van der Waals surface area contributed by atoms with Crippen LogP contribution in [0, 0.1) is 6.92 Å². The van der Waals surface area contributed by atoms with Gasteiger partial charge >= 0.3 is 0 Å². The first-order valence-electron chi connectivity index (χ1n) is 8.00. The number of hydrogen-bond donors (Lipinski definition) is 0. The summed E-state index contributed by atoms with van der Waals surface area (Å²) in [7, 11) is 0. The van der Waals surface area contributed by atoms with Crippen LogP contribution in [0.4, 0.5) is 0 Å². The molecule has 0 aromatic carbocycles. The van der Waals surface area contributed by atoms with Crippen LogP contribution in [0.5, 0.6) is 0 Å². The van der Waals surface area contributed by atoms with Gasteiger partial charge < -0.3 is 14.2 Å². The molecule has 1 amide bonds. The molecular formula is C16H17N5O3S. The molecule has 3 aromatic rings. The van der Waals surface area contributed by atoms with E-state index in [1.165, 1.54) is 21.9 Å². The number of thiophene rings is 1. The fourth-order valence-corrected chi connectivity index (χ4v) is 3.51. The third-order valence-electron chi connectivity index (χ3n) is 4.20. The van der Waals surface area contributed by atoms with Gasteiger partial charge in [-0.1, -0.05) is 6.07 Å². The van der Waals surface area contributed by atoms with E-state index in [1.54, 1.807) is 16.4 Å². The number of carbonyl (C=O) groups is 1. The molecule has 0 radical (unpaired) electrons. The van der Waals surface area contributed by atoms with Gasteiger partial charge in [-0.25, -0.2) is 0 Å². The molecule has 4 rings (SSSR count). The largest absolute Gasteiger partial charge is 0.378 e. The van der Waals surface area contributed by atoms with Gasteiger partial charge in [-0.3, -0.25) is 9.59 Å². The van der Waals surface area contributed by atoms with Crippen molar-refractivity contribution in [2.75, 3.05) is 26.3 Å². The number of hydrogen-bond acceptors (Lipinski definition) is 6. The molecule has 0 bridgehead atoms. The highest BCUT2D eigenvalue weighted by Crippen LogP contribution is 2.21. The standard InChI is InChI=1S/C16H17N5O3S/c1-11-9-13(22)21-16(17-15(18-21)12-3-2-8-25-12)20(11)10-14(23)19-4-6-24-7-5-19/h2-3,8-9H,4-7,10H2,1H3. The van der Waals surface area contributed by atoms with Gasteiger partial charge in [0.25, 0.3) is 5.56 Å². The molecule has 1 fully saturated rings. The van der Waals surface area contributed by atoms with Gasteiger partial charge in [0.1, 0.15) is 6.54 Å². The molecule has 0 saturated carbocycles. The first-order chi connectivity index (χ1) is 12.1. The van der Waals surface area contributed by atoms with Crippen molar-refractivity contribution in [2.45, 2.75) is 13.5 Å². The van der Waals surface area contributed by atoms with Gasteiger partial charge in [-0.05, 0) is 18.4 Å². The van der Waals surface area contributed by atoms with Crippen LogP contribution in [0.1, 0.15) is 5.69 Å². The summed E-state index contributed by atoms with van der Waals surface area (Å²) in [5, 5.41) is 6.24. The Labute approximate surface area is 147 Å². The predicted octanol–water partition coefficient (Wildman–Crippen LogP) is 0.787. The maximum absolute atomic E-state index is 12.6. The Morgan fingerprint density at radius 1 is 1.36 bits per heavy atom. The molecule has 1 aliphatic rings. The molecule has 9 heteroatoms. The Morgan fingerprint density at radius 2 is 2.16 bits per heavy atom. The minimum absolute atomic E-state index is 0.0161. The molecular weight excluding hydrogens is 342 g/mol. The summed E-state index contributed by atoms with van der Waals surface area (Å²) in [6.45, 7) is 4.20. The van der Waals surface area contributed by atoms with Gasteiger partial charge in [0, 0.05) is 24.8 Å². The van der Waals surface area contributed by atoms with E-state index in [1.807, 2.05) is 17.5 Å². The Bertz CT molecular complexity index is 970. The van der Waals surface area contributed by atoms with Gasteiger partial charge in [0.15, 0.2) is 5.82 Å². The van der Waals surface area contributed by atoms with Crippen molar-refractivity contribution in [3.63, 3.8) is 0 Å². The number of nitrogens with zero attached hydrogens (tertiary/aromatic N) is 5. The maximum Gasteiger partial charge on any atom is 0.275 e. The van der Waals surface area contributed by atoms with Gasteiger partial charge in [-0.2, -0.15) is 9.50 Å². The quantitative estimate of drug-likeness (QED) is 0.690. The summed E-state index contributed by atoms with van der Waals surface area (Å²) >= 11 is 1.51. The number of rotatable bonds is 3. The van der Waals surface area contributed by atoms with Crippen molar-refractivity contribution in [3.8, 4) is 10.7 Å². The molecule has 0 N–H and O–H groups in total. The van der Waals surface area contributed by atoms with E-state index >= 15 is 0 Å². The smallest absolute Gasteiger partial charge is 0.275 e. The summed E-state index contributed by atoms with van der Waals surface area (Å²) < 4.78 is 8.29. The van der Waals surface area contributed by atoms with E-state index < -0.39 is 0 Å². The molecule has 1 saturated heterocycles. The Balaban J connectivity index is 1.74. The van der Waals surface area contributed by atoms with Crippen LogP contribution in [0.2, 0.25) is 0 Å². The minimum Gasteiger partial charge on any atom is -0.378 e. The van der Waals surface area contributed by atoms with Gasteiger partial charge in [-0.15, -0.1) is 16.4 Å². The Morgan fingerprint density at radius 3 is 2.88 bits per heavy atom. The molecule has 0 unspecified atom stereocenters. The van der Waals surface area contributed by atoms with Gasteiger partial charge in [0.05, 0.1) is 18.1 Å². The van der Waals surface area contributed by atoms with Crippen LogP contribution in [-0.4, -0.2) is 56.3 Å². The van der Waals surface area contributed by atoms with Crippen LogP contribution in [0.15, 0.2) is 28.4 Å². The average Bonchev–Trinajstić information content (AvgIpc) is 3.28. The fraction of sp³-hybridized carbons (Fsp3) is 0.375. The maximum atomic E-state index is 12.6. The lowest BCUT2D eigenvalue weighted by atomic mass is 10.3. The summed E-state index contributed by atoms with van der Waals surface area (Å²) in [5.74, 6) is 0.859. The number of ether oxygens (including phenoxy) is 1. The zero-order chi connectivity index (χ0) is 17.4. The lowest BCUT2D eigenvalue weighted by molar-refractivity contribution is -0.135. The van der Waals surface area contributed by atoms with E-state index in [-0.39, 0.29) is 18.0 Å². The first kappa shape index (κ1) is 16.0. The lowest BCUT2D eigenvalue weighted by Gasteiger charge is -2.27. The van der Waals surface area contributed by atoms with Crippen LogP contribution in [0.25, 0.3) is 16.5 Å². The Hall–Kier alpha value is -2.52. The normalized spacial score (nSPS) is 15.0. The molecule has 130 valence electrons. The SMILES string of the molecule is Cc1cc(=O)n2nc(-c3cccs3)nc2n1CC(=O)N1CCOCC1. The minimum atomic E-state index is -0.252. The van der Waals surface area contributed by atoms with Crippen LogP contribution in [0.3, 0.4) is 0 Å². The molecule has 0 atom stereocenters. The van der Waals surface area contributed by atoms with E-state index in [0.29, 0.717) is 43.6 Å². The summed E-state index contributed by atoms with van der Waals surface area (Å²) in [5.41, 5.74) is 0.433. The van der Waals surface area contributed by atoms with Crippen molar-refractivity contribution >= 4 is 23.0 Å². The van der Waals surface area contributed by atoms with E-state index in [0.717, 1.165) is 4.88 Å². The second-order valence-corrected chi connectivity index (χ2v) is 6.78. The van der Waals surface area contributed by atoms with Crippen molar-refractivity contribution in [3.05, 3.63) is 39.6 Å². The third-order valence-corrected chi connectivity index (χ3v) is 5.06. The number of aromatic nitrogens is 4. The zero-order valence-electron chi connectivity index (χ0n) is 13.7. The molecule has 25 heavy (non-hydrogen) atoms. The Kier molecular flexibility index (Phi) is 4.10. The molecule has 8 nitrogen and oxygen atoms in total. The molecule has 1 aliphatic heterocycles. The lowest BCUT2D eigenvalue weighted by Crippen LogP contribution is -2.42. The predicted molar refractivity (Wildman–Crippen MR) is 92.7 cm³/mol. The van der Waals surface area contributed by atoms with E-state index in [2.05, 4.69) is 10.1 Å². The highest BCUT2D eigenvalue weighted by Gasteiger charge is 2.20. The zero-order valence-corrected chi connectivity index (χ0v) is 14.5. The molecule has 4 heterocycles. The average molecular weight is 359 g/mol. The van der Waals surface area contributed by atoms with Crippen LogP contribution >= 0.6 is 11.3 Å². The number of carbonyl (C=O) groups excluding carboxylic acids is 1. The number of morpholine rings is 1. The van der Waals surface area contributed by atoms with E-state index in [4.69, 9.17) is 4.74 Å². The van der Waals surface area contributed by atoms with E-state index in [9.17, 15) is 9.59 Å². The molecule has 0 aliphatic carbocycles. The monoisotopic (exact) mass is 359 g/mol. The fourth-order valence-electron chi connectivity index (χ4n) is 2.86. The summed E-state index contributed by atoms with van der Waals surface area (Å²) in [6.07, 6.45) is 0. The van der Waals surface area contributed by atoms with Crippen molar-refractivity contribution in [2.24, 2.45) is 0 Å². The highest BCUT2D eigenvalue weighted by molar-refractivity contribution is 7.13. The van der Waals surface area contributed by atoms with Crippen LogP contribution < -0.4 is 5.56 Å². The van der Waals surface area contributed by atoms with Gasteiger partial charge in [0.2, 0.25) is 11.7 Å². The van der Waals surface area contributed by atoms with Crippen molar-refractivity contribution < 1.29 is 9.53 Å². The first-order valence-corrected chi connectivity index (χ1v) is 8.88. The highest BCUT2D eigenvalue weighted by atomic mass is 32.1. The third kappa shape index (κ3) is 2.96. The molecule has 3 aromatic heterocycles.